The summed E-state index contributed by atoms with van der Waals surface area (Å²) < 4.78 is 5.62. The fraction of sp³-hybridized carbons (Fsp3) is 0.125. The highest BCUT2D eigenvalue weighted by molar-refractivity contribution is 6.34. The Kier molecular flexibility index (Phi) is 5.06. The Balaban J connectivity index is 1.47. The van der Waals surface area contributed by atoms with Crippen LogP contribution in [0.15, 0.2) is 66.7 Å². The minimum absolute atomic E-state index is 0.162. The van der Waals surface area contributed by atoms with Crippen molar-refractivity contribution >= 4 is 29.1 Å². The summed E-state index contributed by atoms with van der Waals surface area (Å²) in [7, 11) is 0. The van der Waals surface area contributed by atoms with E-state index in [0.29, 0.717) is 22.7 Å². The molecule has 0 unspecified atom stereocenters. The van der Waals surface area contributed by atoms with Gasteiger partial charge in [-0.3, -0.25) is 14.4 Å². The summed E-state index contributed by atoms with van der Waals surface area (Å²) in [5.74, 6) is -0.493. The number of carbonyl (C=O) groups is 3. The van der Waals surface area contributed by atoms with E-state index in [9.17, 15) is 14.4 Å². The quantitative estimate of drug-likeness (QED) is 0.654. The van der Waals surface area contributed by atoms with Gasteiger partial charge in [-0.25, -0.2) is 4.90 Å². The van der Waals surface area contributed by atoms with Crippen LogP contribution in [-0.2, 0) is 4.79 Å². The van der Waals surface area contributed by atoms with E-state index in [0.717, 1.165) is 16.0 Å². The average Bonchev–Trinajstić information content (AvgIpc) is 2.99. The maximum atomic E-state index is 12.8. The van der Waals surface area contributed by atoms with Gasteiger partial charge in [0.25, 0.3) is 17.7 Å². The molecule has 0 aliphatic carbocycles. The zero-order valence-electron chi connectivity index (χ0n) is 16.6. The molecule has 1 heterocycles. The van der Waals surface area contributed by atoms with E-state index in [4.69, 9.17) is 4.74 Å². The molecule has 0 saturated carbocycles. The number of ether oxygens (including phenoxy) is 1. The summed E-state index contributed by atoms with van der Waals surface area (Å²) in [4.78, 5) is 38.9. The van der Waals surface area contributed by atoms with Gasteiger partial charge in [0.2, 0.25) is 0 Å². The molecule has 0 radical (unpaired) electrons. The highest BCUT2D eigenvalue weighted by Gasteiger charge is 2.36. The maximum Gasteiger partial charge on any atom is 0.266 e. The molecule has 0 bridgehead atoms. The molecule has 0 aromatic heterocycles. The van der Waals surface area contributed by atoms with E-state index < -0.39 is 5.91 Å². The molecule has 0 fully saturated rings. The number of anilines is 2. The molecular formula is C24H20N2O4. The van der Waals surface area contributed by atoms with Crippen molar-refractivity contribution in [2.75, 3.05) is 16.8 Å². The zero-order chi connectivity index (χ0) is 21.3. The number of aryl methyl sites for hydroxylation is 1. The van der Waals surface area contributed by atoms with Gasteiger partial charge in [0.1, 0.15) is 5.75 Å². The Hall–Kier alpha value is -3.93. The van der Waals surface area contributed by atoms with Crippen LogP contribution in [0.2, 0.25) is 0 Å². The number of nitrogens with zero attached hydrogens (tertiary/aromatic N) is 1. The van der Waals surface area contributed by atoms with Crippen LogP contribution in [0.25, 0.3) is 0 Å². The topological polar surface area (TPSA) is 75.7 Å². The molecular weight excluding hydrogens is 380 g/mol. The van der Waals surface area contributed by atoms with Crippen molar-refractivity contribution in [3.8, 4) is 5.75 Å². The second-order valence-corrected chi connectivity index (χ2v) is 7.08. The van der Waals surface area contributed by atoms with Crippen LogP contribution in [0, 0.1) is 13.8 Å². The molecule has 0 saturated heterocycles. The largest absolute Gasteiger partial charge is 0.483 e. The Morgan fingerprint density at radius 3 is 2.40 bits per heavy atom. The summed E-state index contributed by atoms with van der Waals surface area (Å²) in [6, 6.07) is 19.1. The van der Waals surface area contributed by atoms with Gasteiger partial charge in [-0.1, -0.05) is 30.3 Å². The van der Waals surface area contributed by atoms with Crippen molar-refractivity contribution < 1.29 is 19.1 Å². The first-order valence-electron chi connectivity index (χ1n) is 9.52. The molecule has 6 heteroatoms. The van der Waals surface area contributed by atoms with Gasteiger partial charge in [-0.05, 0) is 61.4 Å². The second kappa shape index (κ2) is 7.83. The molecule has 3 amide bonds. The van der Waals surface area contributed by atoms with Gasteiger partial charge in [-0.15, -0.1) is 0 Å². The molecule has 150 valence electrons. The molecule has 4 rings (SSSR count). The monoisotopic (exact) mass is 400 g/mol. The van der Waals surface area contributed by atoms with E-state index in [1.54, 1.807) is 36.4 Å². The third kappa shape index (κ3) is 3.55. The highest BCUT2D eigenvalue weighted by atomic mass is 16.5. The van der Waals surface area contributed by atoms with Crippen molar-refractivity contribution in [3.05, 3.63) is 89.0 Å². The number of carbonyl (C=O) groups excluding carboxylic acids is 3. The van der Waals surface area contributed by atoms with Crippen LogP contribution < -0.4 is 15.0 Å². The maximum absolute atomic E-state index is 12.8. The number of hydrogen-bond donors (Lipinski definition) is 1. The third-order valence-electron chi connectivity index (χ3n) is 5.10. The van der Waals surface area contributed by atoms with Crippen LogP contribution in [-0.4, -0.2) is 24.3 Å². The smallest absolute Gasteiger partial charge is 0.266 e. The lowest BCUT2D eigenvalue weighted by Gasteiger charge is -2.13. The third-order valence-corrected chi connectivity index (χ3v) is 5.10. The number of hydrogen-bond acceptors (Lipinski definition) is 4. The Morgan fingerprint density at radius 1 is 0.900 bits per heavy atom. The lowest BCUT2D eigenvalue weighted by atomic mass is 10.1. The number of amides is 3. The molecule has 1 aliphatic rings. The van der Waals surface area contributed by atoms with Gasteiger partial charge >= 0.3 is 0 Å². The second-order valence-electron chi connectivity index (χ2n) is 7.08. The lowest BCUT2D eigenvalue weighted by molar-refractivity contribution is -0.118. The fourth-order valence-corrected chi connectivity index (χ4v) is 3.35. The van der Waals surface area contributed by atoms with E-state index in [1.165, 1.54) is 6.07 Å². The number of fused-ring (bicyclic) bond motifs is 1. The van der Waals surface area contributed by atoms with Crippen molar-refractivity contribution in [1.82, 2.24) is 0 Å². The summed E-state index contributed by atoms with van der Waals surface area (Å²) in [5.41, 5.74) is 3.58. The van der Waals surface area contributed by atoms with Crippen LogP contribution in [0.4, 0.5) is 11.4 Å². The predicted molar refractivity (Wildman–Crippen MR) is 114 cm³/mol. The van der Waals surface area contributed by atoms with Gasteiger partial charge in [0, 0.05) is 5.69 Å². The van der Waals surface area contributed by atoms with E-state index in [-0.39, 0.29) is 24.0 Å². The molecule has 1 aliphatic heterocycles. The molecule has 3 aromatic carbocycles. The lowest BCUT2D eigenvalue weighted by Crippen LogP contribution is -2.29. The first-order valence-corrected chi connectivity index (χ1v) is 9.52. The molecule has 1 N–H and O–H groups in total. The molecule has 6 nitrogen and oxygen atoms in total. The molecule has 3 aromatic rings. The number of nitrogens with one attached hydrogen (secondary N) is 1. The average molecular weight is 400 g/mol. The number of benzene rings is 3. The van der Waals surface area contributed by atoms with Crippen molar-refractivity contribution in [3.63, 3.8) is 0 Å². The van der Waals surface area contributed by atoms with Gasteiger partial charge in [-0.2, -0.15) is 0 Å². The van der Waals surface area contributed by atoms with Crippen molar-refractivity contribution in [1.29, 1.82) is 0 Å². The Morgan fingerprint density at radius 2 is 1.63 bits per heavy atom. The Bertz CT molecular complexity index is 1160. The highest BCUT2D eigenvalue weighted by Crippen LogP contribution is 2.30. The van der Waals surface area contributed by atoms with Gasteiger partial charge in [0.05, 0.1) is 16.8 Å². The zero-order valence-corrected chi connectivity index (χ0v) is 16.6. The molecule has 0 atom stereocenters. The van der Waals surface area contributed by atoms with E-state index in [2.05, 4.69) is 5.32 Å². The van der Waals surface area contributed by atoms with E-state index >= 15 is 0 Å². The normalized spacial score (nSPS) is 12.7. The molecule has 30 heavy (non-hydrogen) atoms. The molecule has 0 spiro atoms. The SMILES string of the molecule is Cc1cccc(OCC(=O)Nc2ccc3c(c2)C(=O)N(c2ccccc2)C3=O)c1C. The predicted octanol–water partition coefficient (Wildman–Crippen LogP) is 4.12. The van der Waals surface area contributed by atoms with Crippen LogP contribution in [0.3, 0.4) is 0 Å². The number of imide groups is 1. The summed E-state index contributed by atoms with van der Waals surface area (Å²) in [5, 5.41) is 2.72. The van der Waals surface area contributed by atoms with Gasteiger partial charge in [0.15, 0.2) is 6.61 Å². The minimum atomic E-state index is -0.413. The van der Waals surface area contributed by atoms with Crippen LogP contribution >= 0.6 is 0 Å². The summed E-state index contributed by atoms with van der Waals surface area (Å²) in [6.45, 7) is 3.75. The van der Waals surface area contributed by atoms with E-state index in [1.807, 2.05) is 38.1 Å². The fourth-order valence-electron chi connectivity index (χ4n) is 3.35. The minimum Gasteiger partial charge on any atom is -0.483 e. The van der Waals surface area contributed by atoms with Crippen molar-refractivity contribution in [2.24, 2.45) is 0 Å². The first-order chi connectivity index (χ1) is 14.5. The number of rotatable bonds is 5. The van der Waals surface area contributed by atoms with Crippen molar-refractivity contribution in [2.45, 2.75) is 13.8 Å². The van der Waals surface area contributed by atoms with Crippen LogP contribution in [0.5, 0.6) is 5.75 Å². The summed E-state index contributed by atoms with van der Waals surface area (Å²) in [6.07, 6.45) is 0. The van der Waals surface area contributed by atoms with Gasteiger partial charge < -0.3 is 10.1 Å². The standard InChI is InChI=1S/C24H20N2O4/c1-15-7-6-10-21(16(15)2)30-14-22(27)25-17-11-12-19-20(13-17)24(29)26(23(19)28)18-8-4-3-5-9-18/h3-13H,14H2,1-2H3,(H,25,27). The Labute approximate surface area is 174 Å². The summed E-state index contributed by atoms with van der Waals surface area (Å²) >= 11 is 0. The van der Waals surface area contributed by atoms with Crippen LogP contribution in [0.1, 0.15) is 31.8 Å². The first kappa shape index (κ1) is 19.4. The number of para-hydroxylation sites is 1.